The number of nitrogens with zero attached hydrogens (tertiary/aromatic N) is 2. The number of rotatable bonds is 3. The third-order valence-corrected chi connectivity index (χ3v) is 4.52. The third kappa shape index (κ3) is 4.03. The van der Waals surface area contributed by atoms with Crippen LogP contribution in [0.4, 0.5) is 5.82 Å². The number of pyridine rings is 1. The van der Waals surface area contributed by atoms with Crippen molar-refractivity contribution in [2.24, 2.45) is 0 Å². The quantitative estimate of drug-likeness (QED) is 0.512. The van der Waals surface area contributed by atoms with Crippen LogP contribution in [0.1, 0.15) is 20.7 Å². The summed E-state index contributed by atoms with van der Waals surface area (Å²) in [7, 11) is 0. The van der Waals surface area contributed by atoms with Crippen molar-refractivity contribution in [1.29, 1.82) is 0 Å². The smallest absolute Gasteiger partial charge is 0.266 e. The molecule has 1 aromatic heterocycles. The maximum atomic E-state index is 13.0. The normalized spacial score (nSPS) is 10.3. The molecule has 0 aliphatic rings. The second-order valence-electron chi connectivity index (χ2n) is 5.15. The lowest BCUT2D eigenvalue weighted by Gasteiger charge is -2.20. The molecular formula is C19H12Br2N2O2. The van der Waals surface area contributed by atoms with Gasteiger partial charge in [-0.3, -0.25) is 9.59 Å². The van der Waals surface area contributed by atoms with Gasteiger partial charge in [-0.1, -0.05) is 37.9 Å². The first-order valence-electron chi connectivity index (χ1n) is 7.37. The Labute approximate surface area is 161 Å². The maximum absolute atomic E-state index is 13.0. The molecule has 0 fully saturated rings. The molecule has 3 rings (SSSR count). The van der Waals surface area contributed by atoms with Gasteiger partial charge in [-0.15, -0.1) is 0 Å². The summed E-state index contributed by atoms with van der Waals surface area (Å²) in [5.41, 5.74) is 0.804. The van der Waals surface area contributed by atoms with E-state index in [4.69, 9.17) is 0 Å². The monoisotopic (exact) mass is 458 g/mol. The van der Waals surface area contributed by atoms with Crippen molar-refractivity contribution in [3.05, 3.63) is 93.0 Å². The minimum absolute atomic E-state index is 0.281. The molecule has 1 heterocycles. The van der Waals surface area contributed by atoms with Gasteiger partial charge in [0.05, 0.1) is 0 Å². The highest BCUT2D eigenvalue weighted by atomic mass is 79.9. The summed E-state index contributed by atoms with van der Waals surface area (Å²) in [6.45, 7) is 0. The number of halogens is 2. The van der Waals surface area contributed by atoms with E-state index in [2.05, 4.69) is 36.8 Å². The standard InChI is InChI=1S/C19H12Br2N2O2/c20-15-8-4-13(5-9-15)18(24)23(17-3-1-2-12-22-17)19(25)14-6-10-16(21)11-7-14/h1-12H. The van der Waals surface area contributed by atoms with E-state index in [9.17, 15) is 9.59 Å². The van der Waals surface area contributed by atoms with E-state index in [0.29, 0.717) is 11.1 Å². The first-order valence-corrected chi connectivity index (χ1v) is 8.96. The highest BCUT2D eigenvalue weighted by Crippen LogP contribution is 2.20. The number of amides is 2. The summed E-state index contributed by atoms with van der Waals surface area (Å²) in [6.07, 6.45) is 1.55. The Kier molecular flexibility index (Phi) is 5.40. The number of anilines is 1. The average Bonchev–Trinajstić information content (AvgIpc) is 2.64. The molecule has 25 heavy (non-hydrogen) atoms. The molecule has 0 unspecified atom stereocenters. The zero-order chi connectivity index (χ0) is 17.8. The fourth-order valence-corrected chi connectivity index (χ4v) is 2.76. The average molecular weight is 460 g/mol. The maximum Gasteiger partial charge on any atom is 0.266 e. The van der Waals surface area contributed by atoms with E-state index in [1.165, 1.54) is 0 Å². The molecule has 0 radical (unpaired) electrons. The Hall–Kier alpha value is -2.31. The number of benzene rings is 2. The van der Waals surface area contributed by atoms with Crippen LogP contribution in [0.25, 0.3) is 0 Å². The minimum atomic E-state index is -0.431. The lowest BCUT2D eigenvalue weighted by molar-refractivity contribution is 0.0896. The summed E-state index contributed by atoms with van der Waals surface area (Å²) in [6, 6.07) is 18.8. The number of carbonyl (C=O) groups excluding carboxylic acids is 2. The van der Waals surface area contributed by atoms with Crippen LogP contribution in [0.2, 0.25) is 0 Å². The van der Waals surface area contributed by atoms with Crippen LogP contribution in [0.3, 0.4) is 0 Å². The molecule has 0 aliphatic heterocycles. The number of hydrogen-bond donors (Lipinski definition) is 0. The van der Waals surface area contributed by atoms with Gasteiger partial charge in [0, 0.05) is 26.3 Å². The summed E-state index contributed by atoms with van der Waals surface area (Å²) < 4.78 is 1.71. The Morgan fingerprint density at radius 2 is 1.20 bits per heavy atom. The van der Waals surface area contributed by atoms with Crippen LogP contribution in [0.5, 0.6) is 0 Å². The van der Waals surface area contributed by atoms with Crippen molar-refractivity contribution in [1.82, 2.24) is 4.98 Å². The SMILES string of the molecule is O=C(c1ccc(Br)cc1)N(C(=O)c1ccc(Br)cc1)c1ccccn1. The second-order valence-corrected chi connectivity index (χ2v) is 6.98. The van der Waals surface area contributed by atoms with Crippen LogP contribution >= 0.6 is 31.9 Å². The molecule has 0 saturated carbocycles. The molecule has 0 N–H and O–H groups in total. The fraction of sp³-hybridized carbons (Fsp3) is 0. The van der Waals surface area contributed by atoms with Crippen LogP contribution in [0, 0.1) is 0 Å². The molecule has 0 spiro atoms. The Bertz CT molecular complexity index is 837. The number of hydrogen-bond acceptors (Lipinski definition) is 3. The van der Waals surface area contributed by atoms with Crippen molar-refractivity contribution in [3.8, 4) is 0 Å². The van der Waals surface area contributed by atoms with E-state index < -0.39 is 11.8 Å². The van der Waals surface area contributed by atoms with Gasteiger partial charge in [0.25, 0.3) is 11.8 Å². The fourth-order valence-electron chi connectivity index (χ4n) is 2.23. The summed E-state index contributed by atoms with van der Waals surface area (Å²) in [5, 5.41) is 0. The largest absolute Gasteiger partial charge is 0.268 e. The Balaban J connectivity index is 2.03. The first-order chi connectivity index (χ1) is 12.1. The molecule has 6 heteroatoms. The topological polar surface area (TPSA) is 50.3 Å². The van der Waals surface area contributed by atoms with E-state index >= 15 is 0 Å². The minimum Gasteiger partial charge on any atom is -0.268 e. The van der Waals surface area contributed by atoms with E-state index in [1.807, 2.05) is 0 Å². The molecule has 0 atom stereocenters. The van der Waals surface area contributed by atoms with Crippen LogP contribution in [-0.4, -0.2) is 16.8 Å². The van der Waals surface area contributed by atoms with E-state index in [-0.39, 0.29) is 5.82 Å². The van der Waals surface area contributed by atoms with Crippen molar-refractivity contribution in [2.75, 3.05) is 4.90 Å². The van der Waals surface area contributed by atoms with Crippen molar-refractivity contribution < 1.29 is 9.59 Å². The molecule has 2 amide bonds. The molecule has 4 nitrogen and oxygen atoms in total. The predicted molar refractivity (Wildman–Crippen MR) is 104 cm³/mol. The summed E-state index contributed by atoms with van der Waals surface area (Å²) >= 11 is 6.68. The van der Waals surface area contributed by atoms with Crippen molar-refractivity contribution >= 4 is 49.5 Å². The summed E-state index contributed by atoms with van der Waals surface area (Å²) in [4.78, 5) is 31.2. The van der Waals surface area contributed by atoms with Gasteiger partial charge >= 0.3 is 0 Å². The van der Waals surface area contributed by atoms with Crippen LogP contribution in [0.15, 0.2) is 81.9 Å². The van der Waals surface area contributed by atoms with E-state index in [0.717, 1.165) is 13.8 Å². The van der Waals surface area contributed by atoms with Gasteiger partial charge in [0.2, 0.25) is 0 Å². The molecule has 3 aromatic rings. The molecule has 0 bridgehead atoms. The van der Waals surface area contributed by atoms with Gasteiger partial charge in [0.1, 0.15) is 5.82 Å². The Morgan fingerprint density at radius 3 is 1.60 bits per heavy atom. The highest BCUT2D eigenvalue weighted by molar-refractivity contribution is 9.10. The Morgan fingerprint density at radius 1 is 0.720 bits per heavy atom. The summed E-state index contributed by atoms with van der Waals surface area (Å²) in [5.74, 6) is -0.582. The second kappa shape index (κ2) is 7.72. The van der Waals surface area contributed by atoms with Gasteiger partial charge in [-0.25, -0.2) is 9.88 Å². The van der Waals surface area contributed by atoms with E-state index in [1.54, 1.807) is 72.9 Å². The third-order valence-electron chi connectivity index (χ3n) is 3.47. The van der Waals surface area contributed by atoms with Crippen LogP contribution in [-0.2, 0) is 0 Å². The highest BCUT2D eigenvalue weighted by Gasteiger charge is 2.26. The van der Waals surface area contributed by atoms with Gasteiger partial charge in [-0.05, 0) is 60.7 Å². The lowest BCUT2D eigenvalue weighted by Crippen LogP contribution is -2.37. The molecule has 2 aromatic carbocycles. The van der Waals surface area contributed by atoms with Crippen molar-refractivity contribution in [2.45, 2.75) is 0 Å². The molecule has 0 aliphatic carbocycles. The van der Waals surface area contributed by atoms with Gasteiger partial charge in [0.15, 0.2) is 0 Å². The van der Waals surface area contributed by atoms with Gasteiger partial charge < -0.3 is 0 Å². The zero-order valence-electron chi connectivity index (χ0n) is 12.9. The van der Waals surface area contributed by atoms with Crippen molar-refractivity contribution in [3.63, 3.8) is 0 Å². The predicted octanol–water partition coefficient (Wildman–Crippen LogP) is 5.09. The molecule has 124 valence electrons. The number of carbonyl (C=O) groups is 2. The number of aromatic nitrogens is 1. The molecule has 0 saturated heterocycles. The first kappa shape index (κ1) is 17.5. The van der Waals surface area contributed by atoms with Crippen LogP contribution < -0.4 is 4.90 Å². The lowest BCUT2D eigenvalue weighted by atomic mass is 10.1. The van der Waals surface area contributed by atoms with Gasteiger partial charge in [-0.2, -0.15) is 0 Å². The molecular weight excluding hydrogens is 448 g/mol. The zero-order valence-corrected chi connectivity index (χ0v) is 16.1. The number of imide groups is 1.